The van der Waals surface area contributed by atoms with Crippen molar-refractivity contribution in [3.8, 4) is 0 Å². The molecule has 0 bridgehead atoms. The topological polar surface area (TPSA) is 55.4 Å². The summed E-state index contributed by atoms with van der Waals surface area (Å²) in [7, 11) is 0. The molecule has 0 aromatic carbocycles. The number of ether oxygens (including phenoxy) is 1. The van der Waals surface area contributed by atoms with E-state index in [4.69, 9.17) is 0 Å². The number of carbonyl (C=O) groups excluding carboxylic acids is 2. The first-order valence-electron chi connectivity index (χ1n) is 3.01. The third kappa shape index (κ3) is 5.08. The maximum Gasteiger partial charge on any atom is 0.415 e. The van der Waals surface area contributed by atoms with Crippen molar-refractivity contribution in [1.29, 1.82) is 0 Å². The first kappa shape index (κ1) is 8.94. The fraction of sp³-hybridized carbons (Fsp3) is 0.667. The van der Waals surface area contributed by atoms with E-state index in [1.165, 1.54) is 6.92 Å². The average Bonchev–Trinajstić information content (AvgIpc) is 1.58. The molecule has 0 aliphatic heterocycles. The highest BCUT2D eigenvalue weighted by molar-refractivity contribution is 5.83. The summed E-state index contributed by atoms with van der Waals surface area (Å²) in [6, 6.07) is -0.00755. The van der Waals surface area contributed by atoms with Crippen LogP contribution in [-0.4, -0.2) is 18.1 Å². The second-order valence-electron chi connectivity index (χ2n) is 2.18. The lowest BCUT2D eigenvalue weighted by atomic mass is 10.4. The Morgan fingerprint density at radius 3 is 2.20 bits per heavy atom. The van der Waals surface area contributed by atoms with Gasteiger partial charge in [0.25, 0.3) is 0 Å². The van der Waals surface area contributed by atoms with Crippen molar-refractivity contribution in [1.82, 2.24) is 5.32 Å². The van der Waals surface area contributed by atoms with Gasteiger partial charge in [-0.05, 0) is 13.8 Å². The van der Waals surface area contributed by atoms with E-state index in [0.717, 1.165) is 0 Å². The Bertz CT molecular complexity index is 142. The van der Waals surface area contributed by atoms with Gasteiger partial charge in [-0.1, -0.05) is 0 Å². The third-order valence-corrected chi connectivity index (χ3v) is 0.643. The van der Waals surface area contributed by atoms with E-state index in [1.54, 1.807) is 13.8 Å². The fourth-order valence-corrected chi connectivity index (χ4v) is 0.396. The van der Waals surface area contributed by atoms with Crippen LogP contribution in [0.2, 0.25) is 0 Å². The number of esters is 1. The monoisotopic (exact) mass is 145 g/mol. The lowest BCUT2D eigenvalue weighted by Crippen LogP contribution is -2.31. The van der Waals surface area contributed by atoms with Crippen molar-refractivity contribution >= 4 is 12.1 Å². The molecule has 0 atom stereocenters. The normalized spacial score (nSPS) is 9.20. The Morgan fingerprint density at radius 1 is 1.40 bits per heavy atom. The van der Waals surface area contributed by atoms with E-state index < -0.39 is 12.1 Å². The molecule has 0 saturated heterocycles. The Balaban J connectivity index is 3.54. The van der Waals surface area contributed by atoms with Crippen LogP contribution in [0.3, 0.4) is 0 Å². The summed E-state index contributed by atoms with van der Waals surface area (Å²) >= 11 is 0. The molecule has 10 heavy (non-hydrogen) atoms. The van der Waals surface area contributed by atoms with Crippen LogP contribution in [0.5, 0.6) is 0 Å². The molecule has 0 saturated carbocycles. The Morgan fingerprint density at radius 2 is 1.90 bits per heavy atom. The standard InChI is InChI=1S/C6H11NO3/c1-4(2)7-6(9)10-5(3)8/h4H,1-3H3,(H,7,9). The van der Waals surface area contributed by atoms with Crippen molar-refractivity contribution < 1.29 is 14.3 Å². The summed E-state index contributed by atoms with van der Waals surface area (Å²) in [6.07, 6.45) is -0.692. The fourth-order valence-electron chi connectivity index (χ4n) is 0.396. The molecule has 0 fully saturated rings. The van der Waals surface area contributed by atoms with E-state index in [1.807, 2.05) is 0 Å². The third-order valence-electron chi connectivity index (χ3n) is 0.643. The molecule has 0 rings (SSSR count). The molecular weight excluding hydrogens is 134 g/mol. The smallest absolute Gasteiger partial charge is 0.377 e. The van der Waals surface area contributed by atoms with Crippen molar-refractivity contribution in [3.63, 3.8) is 0 Å². The number of hydrogen-bond donors (Lipinski definition) is 1. The van der Waals surface area contributed by atoms with E-state index in [9.17, 15) is 9.59 Å². The van der Waals surface area contributed by atoms with Crippen molar-refractivity contribution in [2.75, 3.05) is 0 Å². The molecule has 58 valence electrons. The largest absolute Gasteiger partial charge is 0.415 e. The molecular formula is C6H11NO3. The van der Waals surface area contributed by atoms with Crippen molar-refractivity contribution in [3.05, 3.63) is 0 Å². The van der Waals surface area contributed by atoms with Gasteiger partial charge in [-0.25, -0.2) is 4.79 Å². The van der Waals surface area contributed by atoms with Crippen LogP contribution >= 0.6 is 0 Å². The van der Waals surface area contributed by atoms with Crippen LogP contribution in [0, 0.1) is 0 Å². The number of nitrogens with one attached hydrogen (secondary N) is 1. The molecule has 1 amide bonds. The molecule has 0 spiro atoms. The van der Waals surface area contributed by atoms with Crippen LogP contribution in [0.4, 0.5) is 4.79 Å². The SMILES string of the molecule is CC(=O)OC(=O)NC(C)C. The van der Waals surface area contributed by atoms with Gasteiger partial charge in [0.1, 0.15) is 0 Å². The molecule has 0 heterocycles. The van der Waals surface area contributed by atoms with E-state index in [0.29, 0.717) is 0 Å². The average molecular weight is 145 g/mol. The molecule has 0 aromatic heterocycles. The summed E-state index contributed by atoms with van der Waals surface area (Å²) in [5, 5.41) is 2.39. The van der Waals surface area contributed by atoms with Gasteiger partial charge in [0, 0.05) is 13.0 Å². The van der Waals surface area contributed by atoms with Crippen molar-refractivity contribution in [2.45, 2.75) is 26.8 Å². The molecule has 4 heteroatoms. The van der Waals surface area contributed by atoms with Gasteiger partial charge in [-0.15, -0.1) is 0 Å². The first-order chi connectivity index (χ1) is 4.52. The predicted molar refractivity (Wildman–Crippen MR) is 35.4 cm³/mol. The van der Waals surface area contributed by atoms with E-state index >= 15 is 0 Å². The van der Waals surface area contributed by atoms with Gasteiger partial charge < -0.3 is 10.1 Å². The number of alkyl carbamates (subject to hydrolysis) is 1. The summed E-state index contributed by atoms with van der Waals surface area (Å²) in [5.74, 6) is -0.599. The second kappa shape index (κ2) is 3.87. The molecule has 0 unspecified atom stereocenters. The molecule has 0 aromatic rings. The Hall–Kier alpha value is -1.06. The maximum atomic E-state index is 10.5. The van der Waals surface area contributed by atoms with Crippen LogP contribution < -0.4 is 5.32 Å². The quantitative estimate of drug-likeness (QED) is 0.435. The summed E-state index contributed by atoms with van der Waals surface area (Å²) in [4.78, 5) is 20.7. The summed E-state index contributed by atoms with van der Waals surface area (Å²) < 4.78 is 4.17. The highest BCUT2D eigenvalue weighted by atomic mass is 16.6. The van der Waals surface area contributed by atoms with Crippen molar-refractivity contribution in [2.24, 2.45) is 0 Å². The molecule has 0 radical (unpaired) electrons. The van der Waals surface area contributed by atoms with E-state index in [2.05, 4.69) is 10.1 Å². The van der Waals surface area contributed by atoms with Gasteiger partial charge in [-0.2, -0.15) is 0 Å². The predicted octanol–water partition coefficient (Wildman–Crippen LogP) is 0.667. The maximum absolute atomic E-state index is 10.5. The Kier molecular flexibility index (Phi) is 3.46. The molecule has 1 N–H and O–H groups in total. The highest BCUT2D eigenvalue weighted by Crippen LogP contribution is 1.82. The second-order valence-corrected chi connectivity index (χ2v) is 2.18. The number of carbonyl (C=O) groups is 2. The number of amides is 1. The first-order valence-corrected chi connectivity index (χ1v) is 3.01. The van der Waals surface area contributed by atoms with Gasteiger partial charge in [0.05, 0.1) is 0 Å². The molecule has 0 aliphatic rings. The van der Waals surface area contributed by atoms with Crippen LogP contribution in [0.1, 0.15) is 20.8 Å². The van der Waals surface area contributed by atoms with E-state index in [-0.39, 0.29) is 6.04 Å². The highest BCUT2D eigenvalue weighted by Gasteiger charge is 2.05. The number of rotatable bonds is 1. The van der Waals surface area contributed by atoms with Gasteiger partial charge in [0.15, 0.2) is 0 Å². The number of hydrogen-bond acceptors (Lipinski definition) is 3. The minimum atomic E-state index is -0.692. The van der Waals surface area contributed by atoms with Gasteiger partial charge >= 0.3 is 12.1 Å². The molecule has 4 nitrogen and oxygen atoms in total. The van der Waals surface area contributed by atoms with Crippen LogP contribution in [-0.2, 0) is 9.53 Å². The lowest BCUT2D eigenvalue weighted by molar-refractivity contribution is -0.134. The Labute approximate surface area is 59.6 Å². The zero-order valence-electron chi connectivity index (χ0n) is 6.30. The molecule has 0 aliphatic carbocycles. The van der Waals surface area contributed by atoms with Gasteiger partial charge in [0.2, 0.25) is 0 Å². The summed E-state index contributed by atoms with van der Waals surface area (Å²) in [5.41, 5.74) is 0. The van der Waals surface area contributed by atoms with Crippen LogP contribution in [0.25, 0.3) is 0 Å². The minimum absolute atomic E-state index is 0.00755. The van der Waals surface area contributed by atoms with Crippen LogP contribution in [0.15, 0.2) is 0 Å². The zero-order chi connectivity index (χ0) is 8.15. The summed E-state index contributed by atoms with van der Waals surface area (Å²) in [6.45, 7) is 4.74. The van der Waals surface area contributed by atoms with Gasteiger partial charge in [-0.3, -0.25) is 4.79 Å². The minimum Gasteiger partial charge on any atom is -0.377 e. The lowest BCUT2D eigenvalue weighted by Gasteiger charge is -2.05. The zero-order valence-corrected chi connectivity index (χ0v) is 6.30.